The van der Waals surface area contributed by atoms with Crippen LogP contribution in [0.3, 0.4) is 0 Å². The van der Waals surface area contributed by atoms with E-state index in [-0.39, 0.29) is 0 Å². The van der Waals surface area contributed by atoms with Crippen molar-refractivity contribution < 1.29 is 8.42 Å². The predicted molar refractivity (Wildman–Crippen MR) is 47.2 cm³/mol. The molecule has 0 amide bonds. The fourth-order valence-electron chi connectivity index (χ4n) is 0.973. The largest absolute Gasteiger partial charge is 0.302 e. The zero-order chi connectivity index (χ0) is 9.12. The van der Waals surface area contributed by atoms with E-state index in [1.54, 1.807) is 14.0 Å². The Morgan fingerprint density at radius 3 is 2.00 bits per heavy atom. The van der Waals surface area contributed by atoms with Crippen molar-refractivity contribution in [1.82, 2.24) is 5.32 Å². The second kappa shape index (κ2) is 3.54. The minimum atomic E-state index is -2.99. The molecule has 0 saturated heterocycles. The third-order valence-electron chi connectivity index (χ3n) is 2.07. The summed E-state index contributed by atoms with van der Waals surface area (Å²) in [5.74, 6) is 0. The van der Waals surface area contributed by atoms with E-state index in [4.69, 9.17) is 0 Å². The van der Waals surface area contributed by atoms with Crippen LogP contribution < -0.4 is 5.32 Å². The van der Waals surface area contributed by atoms with Crippen LogP contribution in [0.4, 0.5) is 0 Å². The monoisotopic (exact) mass is 179 g/mol. The lowest BCUT2D eigenvalue weighted by Gasteiger charge is -2.26. The van der Waals surface area contributed by atoms with Crippen molar-refractivity contribution in [3.63, 3.8) is 0 Å². The molecule has 0 aliphatic carbocycles. The van der Waals surface area contributed by atoms with Crippen LogP contribution in [0, 0.1) is 0 Å². The van der Waals surface area contributed by atoms with Gasteiger partial charge in [0.1, 0.15) is 4.87 Å². The molecule has 1 atom stereocenters. The maximum absolute atomic E-state index is 11.2. The zero-order valence-corrected chi connectivity index (χ0v) is 8.46. The Labute approximate surface area is 69.1 Å². The van der Waals surface area contributed by atoms with E-state index in [2.05, 4.69) is 5.32 Å². The van der Waals surface area contributed by atoms with Crippen LogP contribution in [0.5, 0.6) is 0 Å². The van der Waals surface area contributed by atoms with Crippen LogP contribution >= 0.6 is 0 Å². The Bertz CT molecular complexity index is 210. The molecule has 0 fully saturated rings. The number of sulfone groups is 1. The van der Waals surface area contributed by atoms with E-state index in [9.17, 15) is 8.42 Å². The average Bonchev–Trinajstić information content (AvgIpc) is 1.86. The van der Waals surface area contributed by atoms with Crippen molar-refractivity contribution in [2.45, 2.75) is 31.6 Å². The molecule has 0 aromatic carbocycles. The Balaban J connectivity index is 4.61. The van der Waals surface area contributed by atoms with Crippen LogP contribution in [0.1, 0.15) is 26.7 Å². The lowest BCUT2D eigenvalue weighted by Crippen LogP contribution is -2.46. The summed E-state index contributed by atoms with van der Waals surface area (Å²) in [7, 11) is -1.31. The van der Waals surface area contributed by atoms with Crippen LogP contribution in [0.25, 0.3) is 0 Å². The Morgan fingerprint density at radius 2 is 1.91 bits per heavy atom. The highest BCUT2D eigenvalue weighted by molar-refractivity contribution is 7.92. The van der Waals surface area contributed by atoms with E-state index < -0.39 is 14.7 Å². The van der Waals surface area contributed by atoms with E-state index in [1.165, 1.54) is 6.26 Å². The van der Waals surface area contributed by atoms with E-state index in [0.717, 1.165) is 6.42 Å². The first kappa shape index (κ1) is 10.9. The van der Waals surface area contributed by atoms with Gasteiger partial charge in [0.2, 0.25) is 0 Å². The highest BCUT2D eigenvalue weighted by atomic mass is 32.2. The van der Waals surface area contributed by atoms with Gasteiger partial charge in [-0.3, -0.25) is 0 Å². The van der Waals surface area contributed by atoms with Crippen LogP contribution in [0.15, 0.2) is 0 Å². The lowest BCUT2D eigenvalue weighted by molar-refractivity contribution is 0.456. The Kier molecular flexibility index (Phi) is 3.51. The fraction of sp³-hybridized carbons (Fsp3) is 1.00. The smallest absolute Gasteiger partial charge is 0.165 e. The van der Waals surface area contributed by atoms with Crippen molar-refractivity contribution in [3.05, 3.63) is 0 Å². The summed E-state index contributed by atoms with van der Waals surface area (Å²) in [6.45, 7) is 3.69. The molecule has 0 heterocycles. The standard InChI is InChI=1S/C7H17NO2S/c1-5-6-7(2,8-3)11(4,9)10/h8H,5-6H2,1-4H3. The van der Waals surface area contributed by atoms with Gasteiger partial charge in [0, 0.05) is 6.26 Å². The second-order valence-corrected chi connectivity index (χ2v) is 5.45. The molecule has 0 aliphatic heterocycles. The molecule has 0 saturated carbocycles. The van der Waals surface area contributed by atoms with Crippen LogP contribution in [-0.2, 0) is 9.84 Å². The molecule has 0 spiro atoms. The molecule has 0 aromatic heterocycles. The third-order valence-corrected chi connectivity index (χ3v) is 4.12. The summed E-state index contributed by atoms with van der Waals surface area (Å²) >= 11 is 0. The molecule has 0 radical (unpaired) electrons. The van der Waals surface area contributed by atoms with Crippen molar-refractivity contribution in [2.75, 3.05) is 13.3 Å². The van der Waals surface area contributed by atoms with Gasteiger partial charge in [0.15, 0.2) is 9.84 Å². The van der Waals surface area contributed by atoms with E-state index >= 15 is 0 Å². The summed E-state index contributed by atoms with van der Waals surface area (Å²) in [6, 6.07) is 0. The molecule has 4 heteroatoms. The Hall–Kier alpha value is -0.0900. The first-order valence-corrected chi connectivity index (χ1v) is 5.65. The molecule has 1 unspecified atom stereocenters. The summed E-state index contributed by atoms with van der Waals surface area (Å²) in [4.78, 5) is -0.748. The van der Waals surface area contributed by atoms with Gasteiger partial charge in [-0.1, -0.05) is 13.3 Å². The zero-order valence-electron chi connectivity index (χ0n) is 7.64. The normalized spacial score (nSPS) is 17.8. The predicted octanol–water partition coefficient (Wildman–Crippen LogP) is 0.767. The molecule has 11 heavy (non-hydrogen) atoms. The summed E-state index contributed by atoms with van der Waals surface area (Å²) in [5, 5.41) is 2.83. The molecular formula is C7H17NO2S. The van der Waals surface area contributed by atoms with Gasteiger partial charge in [-0.15, -0.1) is 0 Å². The van der Waals surface area contributed by atoms with Crippen molar-refractivity contribution >= 4 is 9.84 Å². The summed E-state index contributed by atoms with van der Waals surface area (Å²) < 4.78 is 22.4. The van der Waals surface area contributed by atoms with Crippen LogP contribution in [0.2, 0.25) is 0 Å². The van der Waals surface area contributed by atoms with Gasteiger partial charge in [-0.05, 0) is 20.4 Å². The molecule has 1 N–H and O–H groups in total. The molecule has 0 bridgehead atoms. The molecular weight excluding hydrogens is 162 g/mol. The highest BCUT2D eigenvalue weighted by Gasteiger charge is 2.32. The maximum Gasteiger partial charge on any atom is 0.165 e. The van der Waals surface area contributed by atoms with Crippen molar-refractivity contribution in [1.29, 1.82) is 0 Å². The van der Waals surface area contributed by atoms with Gasteiger partial charge in [0.25, 0.3) is 0 Å². The van der Waals surface area contributed by atoms with Gasteiger partial charge in [-0.2, -0.15) is 0 Å². The highest BCUT2D eigenvalue weighted by Crippen LogP contribution is 2.17. The van der Waals surface area contributed by atoms with Crippen LogP contribution in [-0.4, -0.2) is 26.6 Å². The Morgan fingerprint density at radius 1 is 1.45 bits per heavy atom. The summed E-state index contributed by atoms with van der Waals surface area (Å²) in [6.07, 6.45) is 2.78. The number of rotatable bonds is 4. The summed E-state index contributed by atoms with van der Waals surface area (Å²) in [5.41, 5.74) is 0. The topological polar surface area (TPSA) is 46.2 Å². The molecule has 0 aliphatic rings. The SMILES string of the molecule is CCCC(C)(NC)S(C)(=O)=O. The first-order valence-electron chi connectivity index (χ1n) is 3.76. The minimum absolute atomic E-state index is 0.655. The van der Waals surface area contributed by atoms with Crippen molar-refractivity contribution in [2.24, 2.45) is 0 Å². The molecule has 68 valence electrons. The van der Waals surface area contributed by atoms with Gasteiger partial charge in [0.05, 0.1) is 0 Å². The number of hydrogen-bond donors (Lipinski definition) is 1. The van der Waals surface area contributed by atoms with Gasteiger partial charge < -0.3 is 5.32 Å². The van der Waals surface area contributed by atoms with E-state index in [0.29, 0.717) is 6.42 Å². The van der Waals surface area contributed by atoms with E-state index in [1.807, 2.05) is 6.92 Å². The average molecular weight is 179 g/mol. The van der Waals surface area contributed by atoms with Gasteiger partial charge in [-0.25, -0.2) is 8.42 Å². The first-order chi connectivity index (χ1) is 4.87. The van der Waals surface area contributed by atoms with Crippen molar-refractivity contribution in [3.8, 4) is 0 Å². The molecule has 3 nitrogen and oxygen atoms in total. The number of nitrogens with one attached hydrogen (secondary N) is 1. The quantitative estimate of drug-likeness (QED) is 0.693. The molecule has 0 aromatic rings. The minimum Gasteiger partial charge on any atom is -0.302 e. The number of hydrogen-bond acceptors (Lipinski definition) is 3. The maximum atomic E-state index is 11.2. The fourth-order valence-corrected chi connectivity index (χ4v) is 1.92. The molecule has 0 rings (SSSR count). The lowest BCUT2D eigenvalue weighted by atomic mass is 10.2. The third kappa shape index (κ3) is 2.45. The second-order valence-electron chi connectivity index (χ2n) is 3.00. The van der Waals surface area contributed by atoms with Gasteiger partial charge >= 0.3 is 0 Å².